The fourth-order valence-corrected chi connectivity index (χ4v) is 5.52. The summed E-state index contributed by atoms with van der Waals surface area (Å²) in [4.78, 5) is 12.9. The Balaban J connectivity index is 1.79. The van der Waals surface area contributed by atoms with Crippen LogP contribution in [0.1, 0.15) is 65.7 Å². The van der Waals surface area contributed by atoms with Gasteiger partial charge < -0.3 is 11.1 Å². The van der Waals surface area contributed by atoms with Crippen molar-refractivity contribution in [2.45, 2.75) is 71.8 Å². The molecule has 3 N–H and O–H groups in total. The number of carbonyl (C=O) groups is 1. The summed E-state index contributed by atoms with van der Waals surface area (Å²) in [5, 5.41) is 3.46. The van der Waals surface area contributed by atoms with E-state index in [9.17, 15) is 4.79 Å². The highest BCUT2D eigenvalue weighted by Crippen LogP contribution is 2.62. The molecule has 0 aliphatic heterocycles. The molecular formula is C17H30N2O. The summed E-state index contributed by atoms with van der Waals surface area (Å²) in [5.41, 5.74) is 6.23. The average Bonchev–Trinajstić information content (AvgIpc) is 3.06. The lowest BCUT2D eigenvalue weighted by Crippen LogP contribution is -2.56. The molecule has 0 spiro atoms. The Morgan fingerprint density at radius 1 is 1.20 bits per heavy atom. The molecule has 3 saturated carbocycles. The van der Waals surface area contributed by atoms with Crippen LogP contribution in [0.5, 0.6) is 0 Å². The van der Waals surface area contributed by atoms with Gasteiger partial charge in [-0.1, -0.05) is 33.6 Å². The monoisotopic (exact) mass is 278 g/mol. The van der Waals surface area contributed by atoms with E-state index in [1.807, 2.05) is 0 Å². The van der Waals surface area contributed by atoms with Gasteiger partial charge >= 0.3 is 0 Å². The van der Waals surface area contributed by atoms with Crippen LogP contribution < -0.4 is 11.1 Å². The molecule has 0 heterocycles. The minimum atomic E-state index is -0.270. The number of nitrogens with one attached hydrogen (secondary N) is 1. The number of hydrogen-bond acceptors (Lipinski definition) is 2. The minimum absolute atomic E-state index is 0.233. The van der Waals surface area contributed by atoms with E-state index in [1.165, 1.54) is 19.3 Å². The highest BCUT2D eigenvalue weighted by atomic mass is 16.2. The van der Waals surface area contributed by atoms with Gasteiger partial charge in [0.1, 0.15) is 0 Å². The molecule has 0 aromatic carbocycles. The fourth-order valence-electron chi connectivity index (χ4n) is 5.52. The van der Waals surface area contributed by atoms with Crippen molar-refractivity contribution in [1.82, 2.24) is 5.32 Å². The largest absolute Gasteiger partial charge is 0.352 e. The van der Waals surface area contributed by atoms with Crippen molar-refractivity contribution in [2.75, 3.05) is 6.54 Å². The number of hydrogen-bond donors (Lipinski definition) is 2. The molecule has 3 nitrogen and oxygen atoms in total. The zero-order valence-corrected chi connectivity index (χ0v) is 13.3. The summed E-state index contributed by atoms with van der Waals surface area (Å²) < 4.78 is 0. The lowest BCUT2D eigenvalue weighted by molar-refractivity contribution is -0.133. The molecule has 3 unspecified atom stereocenters. The van der Waals surface area contributed by atoms with E-state index in [-0.39, 0.29) is 16.7 Å². The average molecular weight is 278 g/mol. The summed E-state index contributed by atoms with van der Waals surface area (Å²) in [6.07, 6.45) is 8.13. The molecule has 0 saturated heterocycles. The molecule has 3 rings (SSSR count). The zero-order valence-electron chi connectivity index (χ0n) is 13.3. The number of nitrogens with two attached hydrogens (primary N) is 1. The van der Waals surface area contributed by atoms with E-state index in [2.05, 4.69) is 26.1 Å². The number of fused-ring (bicyclic) bond motifs is 2. The van der Waals surface area contributed by atoms with Gasteiger partial charge in [0.05, 0.1) is 5.41 Å². The lowest BCUT2D eigenvalue weighted by Gasteiger charge is -2.44. The quantitative estimate of drug-likeness (QED) is 0.834. The molecule has 20 heavy (non-hydrogen) atoms. The molecule has 114 valence electrons. The minimum Gasteiger partial charge on any atom is -0.352 e. The molecule has 3 fully saturated rings. The Labute approximate surface area is 123 Å². The van der Waals surface area contributed by atoms with Crippen LogP contribution in [-0.4, -0.2) is 18.5 Å². The molecule has 3 heteroatoms. The van der Waals surface area contributed by atoms with Crippen molar-refractivity contribution < 1.29 is 4.79 Å². The summed E-state index contributed by atoms with van der Waals surface area (Å²) in [6.45, 7) is 7.57. The third-order valence-electron chi connectivity index (χ3n) is 6.98. The van der Waals surface area contributed by atoms with Crippen LogP contribution in [0.15, 0.2) is 0 Å². The lowest BCUT2D eigenvalue weighted by atomic mass is 9.68. The highest BCUT2D eigenvalue weighted by Gasteiger charge is 2.60. The van der Waals surface area contributed by atoms with E-state index >= 15 is 0 Å². The SMILES string of the molecule is CC12CCC(C1)C(C)(C)C2NC(=O)C1(CN)CCCC1. The number of rotatable bonds is 3. The second-order valence-corrected chi connectivity index (χ2v) is 8.51. The molecule has 3 atom stereocenters. The van der Waals surface area contributed by atoms with Gasteiger partial charge in [-0.3, -0.25) is 4.79 Å². The predicted molar refractivity (Wildman–Crippen MR) is 81.1 cm³/mol. The molecule has 3 aliphatic carbocycles. The first-order valence-electron chi connectivity index (χ1n) is 8.35. The Morgan fingerprint density at radius 2 is 1.85 bits per heavy atom. The van der Waals surface area contributed by atoms with Crippen molar-refractivity contribution in [3.05, 3.63) is 0 Å². The first kappa shape index (κ1) is 14.4. The number of amides is 1. The van der Waals surface area contributed by atoms with Crippen LogP contribution >= 0.6 is 0 Å². The first-order chi connectivity index (χ1) is 9.34. The highest BCUT2D eigenvalue weighted by molar-refractivity contribution is 5.83. The van der Waals surface area contributed by atoms with Gasteiger partial charge in [0, 0.05) is 12.6 Å². The zero-order chi connectivity index (χ0) is 14.6. The van der Waals surface area contributed by atoms with Gasteiger partial charge in [-0.15, -0.1) is 0 Å². The van der Waals surface area contributed by atoms with Crippen LogP contribution in [0.25, 0.3) is 0 Å². The summed E-state index contributed by atoms with van der Waals surface area (Å²) in [6, 6.07) is 0.324. The fraction of sp³-hybridized carbons (Fsp3) is 0.941. The van der Waals surface area contributed by atoms with E-state index in [0.717, 1.165) is 31.6 Å². The van der Waals surface area contributed by atoms with E-state index in [4.69, 9.17) is 5.73 Å². The first-order valence-corrected chi connectivity index (χ1v) is 8.35. The predicted octanol–water partition coefficient (Wildman–Crippen LogP) is 2.84. The van der Waals surface area contributed by atoms with Crippen LogP contribution in [0, 0.1) is 22.2 Å². The van der Waals surface area contributed by atoms with Gasteiger partial charge in [-0.25, -0.2) is 0 Å². The summed E-state index contributed by atoms with van der Waals surface area (Å²) in [7, 11) is 0. The van der Waals surface area contributed by atoms with Crippen molar-refractivity contribution in [3.8, 4) is 0 Å². The van der Waals surface area contributed by atoms with Crippen LogP contribution in [-0.2, 0) is 4.79 Å². The van der Waals surface area contributed by atoms with Crippen molar-refractivity contribution in [2.24, 2.45) is 27.9 Å². The van der Waals surface area contributed by atoms with Gasteiger partial charge in [0.25, 0.3) is 0 Å². The molecule has 0 aromatic heterocycles. The Kier molecular flexibility index (Phi) is 3.20. The third kappa shape index (κ3) is 1.85. The van der Waals surface area contributed by atoms with E-state index in [0.29, 0.717) is 18.0 Å². The summed E-state index contributed by atoms with van der Waals surface area (Å²) >= 11 is 0. The standard InChI is InChI=1S/C17H30N2O/c1-15(2)12-6-9-16(3,10-12)13(15)19-14(20)17(11-18)7-4-5-8-17/h12-13H,4-11,18H2,1-3H3,(H,19,20). The maximum absolute atomic E-state index is 12.9. The topological polar surface area (TPSA) is 55.1 Å². The molecular weight excluding hydrogens is 248 g/mol. The van der Waals surface area contributed by atoms with E-state index < -0.39 is 0 Å². The van der Waals surface area contributed by atoms with Crippen molar-refractivity contribution in [3.63, 3.8) is 0 Å². The van der Waals surface area contributed by atoms with Gasteiger partial charge in [0.15, 0.2) is 0 Å². The van der Waals surface area contributed by atoms with Crippen LogP contribution in [0.4, 0.5) is 0 Å². The van der Waals surface area contributed by atoms with Crippen molar-refractivity contribution >= 4 is 5.91 Å². The third-order valence-corrected chi connectivity index (χ3v) is 6.98. The maximum Gasteiger partial charge on any atom is 0.227 e. The molecule has 0 radical (unpaired) electrons. The molecule has 0 aromatic rings. The molecule has 1 amide bonds. The van der Waals surface area contributed by atoms with Gasteiger partial charge in [-0.05, 0) is 48.9 Å². The second-order valence-electron chi connectivity index (χ2n) is 8.51. The summed E-state index contributed by atoms with van der Waals surface area (Å²) in [5.74, 6) is 1.01. The van der Waals surface area contributed by atoms with Crippen LogP contribution in [0.2, 0.25) is 0 Å². The Bertz CT molecular complexity index is 406. The molecule has 2 bridgehead atoms. The van der Waals surface area contributed by atoms with Crippen LogP contribution in [0.3, 0.4) is 0 Å². The maximum atomic E-state index is 12.9. The smallest absolute Gasteiger partial charge is 0.227 e. The van der Waals surface area contributed by atoms with E-state index in [1.54, 1.807) is 0 Å². The Hall–Kier alpha value is -0.570. The van der Waals surface area contributed by atoms with Gasteiger partial charge in [0.2, 0.25) is 5.91 Å². The number of carbonyl (C=O) groups excluding carboxylic acids is 1. The second kappa shape index (κ2) is 4.46. The van der Waals surface area contributed by atoms with Crippen molar-refractivity contribution in [1.29, 1.82) is 0 Å². The van der Waals surface area contributed by atoms with Gasteiger partial charge in [-0.2, -0.15) is 0 Å². The Morgan fingerprint density at radius 3 is 2.35 bits per heavy atom. The normalized spacial score (nSPS) is 41.0. The molecule has 3 aliphatic rings.